The van der Waals surface area contributed by atoms with Gasteiger partial charge in [-0.25, -0.2) is 15.0 Å². The Balaban J connectivity index is 1.77. The van der Waals surface area contributed by atoms with Crippen molar-refractivity contribution in [3.63, 3.8) is 0 Å². The maximum Gasteiger partial charge on any atom is 0.179 e. The minimum atomic E-state index is 0.746. The second kappa shape index (κ2) is 5.35. The van der Waals surface area contributed by atoms with Gasteiger partial charge >= 0.3 is 0 Å². The van der Waals surface area contributed by atoms with Gasteiger partial charge in [-0.05, 0) is 45.2 Å². The lowest BCUT2D eigenvalue weighted by molar-refractivity contribution is 0.675. The average molecular weight is 274 g/mol. The molecule has 0 bridgehead atoms. The van der Waals surface area contributed by atoms with Crippen LogP contribution in [0.1, 0.15) is 29.8 Å². The van der Waals surface area contributed by atoms with Gasteiger partial charge in [0, 0.05) is 22.8 Å². The molecule has 100 valence electrons. The van der Waals surface area contributed by atoms with Crippen LogP contribution in [0.3, 0.4) is 0 Å². The fraction of sp³-hybridized carbons (Fsp3) is 0.500. The molecule has 2 aromatic rings. The molecule has 1 aliphatic rings. The van der Waals surface area contributed by atoms with E-state index in [1.165, 1.54) is 18.4 Å². The molecule has 2 aromatic heterocycles. The Morgan fingerprint density at radius 2 is 2.00 bits per heavy atom. The standard InChI is InChI=1S/C14H18N4S/c1-9-12(5-6-15-11-3-4-11)10(2)18-14(17-9)13-7-19-8-16-13/h7-8,11,15H,3-6H2,1-2H3. The van der Waals surface area contributed by atoms with E-state index in [9.17, 15) is 0 Å². The first kappa shape index (κ1) is 12.7. The Morgan fingerprint density at radius 3 is 2.58 bits per heavy atom. The van der Waals surface area contributed by atoms with E-state index in [1.807, 2.05) is 10.9 Å². The summed E-state index contributed by atoms with van der Waals surface area (Å²) in [6, 6.07) is 0.760. The summed E-state index contributed by atoms with van der Waals surface area (Å²) in [5, 5.41) is 5.52. The Morgan fingerprint density at radius 1 is 1.26 bits per heavy atom. The number of rotatable bonds is 5. The number of nitrogens with one attached hydrogen (secondary N) is 1. The monoisotopic (exact) mass is 274 g/mol. The molecule has 4 nitrogen and oxygen atoms in total. The minimum Gasteiger partial charge on any atom is -0.314 e. The Labute approximate surface area is 117 Å². The van der Waals surface area contributed by atoms with Gasteiger partial charge in [0.1, 0.15) is 5.69 Å². The van der Waals surface area contributed by atoms with Crippen LogP contribution in [0.4, 0.5) is 0 Å². The van der Waals surface area contributed by atoms with Crippen LogP contribution in [0.25, 0.3) is 11.5 Å². The summed E-state index contributed by atoms with van der Waals surface area (Å²) in [6.07, 6.45) is 3.67. The summed E-state index contributed by atoms with van der Waals surface area (Å²) >= 11 is 1.57. The lowest BCUT2D eigenvalue weighted by Crippen LogP contribution is -2.20. The van der Waals surface area contributed by atoms with E-state index in [0.29, 0.717) is 0 Å². The molecule has 5 heteroatoms. The predicted octanol–water partition coefficient (Wildman–Crippen LogP) is 2.51. The molecule has 19 heavy (non-hydrogen) atoms. The molecule has 0 aromatic carbocycles. The number of nitrogens with zero attached hydrogens (tertiary/aromatic N) is 3. The first-order valence-corrected chi connectivity index (χ1v) is 7.64. The third kappa shape index (κ3) is 2.98. The summed E-state index contributed by atoms with van der Waals surface area (Å²) in [5.74, 6) is 0.746. The smallest absolute Gasteiger partial charge is 0.179 e. The second-order valence-electron chi connectivity index (χ2n) is 5.05. The van der Waals surface area contributed by atoms with E-state index >= 15 is 0 Å². The molecule has 1 saturated carbocycles. The van der Waals surface area contributed by atoms with E-state index in [2.05, 4.69) is 34.1 Å². The Hall–Kier alpha value is -1.33. The van der Waals surface area contributed by atoms with Crippen LogP contribution in [0.15, 0.2) is 10.9 Å². The molecule has 3 rings (SSSR count). The van der Waals surface area contributed by atoms with E-state index in [1.54, 1.807) is 11.3 Å². The van der Waals surface area contributed by atoms with Crippen LogP contribution >= 0.6 is 11.3 Å². The van der Waals surface area contributed by atoms with Gasteiger partial charge in [-0.3, -0.25) is 0 Å². The van der Waals surface area contributed by atoms with E-state index in [-0.39, 0.29) is 0 Å². The van der Waals surface area contributed by atoms with Gasteiger partial charge in [0.05, 0.1) is 5.51 Å². The third-order valence-electron chi connectivity index (χ3n) is 3.47. The molecule has 0 aliphatic heterocycles. The Bertz CT molecular complexity index is 538. The van der Waals surface area contributed by atoms with Crippen LogP contribution in [-0.2, 0) is 6.42 Å². The van der Waals surface area contributed by atoms with Crippen molar-refractivity contribution in [2.75, 3.05) is 6.54 Å². The second-order valence-corrected chi connectivity index (χ2v) is 5.77. The summed E-state index contributed by atoms with van der Waals surface area (Å²) in [6.45, 7) is 5.15. The first-order chi connectivity index (χ1) is 9.24. The normalized spacial score (nSPS) is 14.8. The molecule has 1 aliphatic carbocycles. The van der Waals surface area contributed by atoms with Crippen molar-refractivity contribution in [3.8, 4) is 11.5 Å². The number of hydrogen-bond donors (Lipinski definition) is 1. The number of aryl methyl sites for hydroxylation is 2. The first-order valence-electron chi connectivity index (χ1n) is 6.70. The van der Waals surface area contributed by atoms with Crippen LogP contribution < -0.4 is 5.32 Å². The number of aromatic nitrogens is 3. The maximum atomic E-state index is 4.60. The van der Waals surface area contributed by atoms with Crippen molar-refractivity contribution < 1.29 is 0 Å². The molecule has 0 atom stereocenters. The number of hydrogen-bond acceptors (Lipinski definition) is 5. The topological polar surface area (TPSA) is 50.7 Å². The highest BCUT2D eigenvalue weighted by atomic mass is 32.1. The molecule has 0 amide bonds. The zero-order valence-electron chi connectivity index (χ0n) is 11.3. The fourth-order valence-corrected chi connectivity index (χ4v) is 2.76. The molecule has 1 fully saturated rings. The SMILES string of the molecule is Cc1nc(-c2cscn2)nc(C)c1CCNC1CC1. The molecule has 2 heterocycles. The van der Waals surface area contributed by atoms with Crippen molar-refractivity contribution in [2.45, 2.75) is 39.2 Å². The molecule has 0 radical (unpaired) electrons. The van der Waals surface area contributed by atoms with Crippen LogP contribution in [0.5, 0.6) is 0 Å². The van der Waals surface area contributed by atoms with Crippen LogP contribution in [0.2, 0.25) is 0 Å². The summed E-state index contributed by atoms with van der Waals surface area (Å²) in [7, 11) is 0. The molecule has 1 N–H and O–H groups in total. The Kier molecular flexibility index (Phi) is 3.57. The zero-order valence-corrected chi connectivity index (χ0v) is 12.1. The summed E-state index contributed by atoms with van der Waals surface area (Å²) in [4.78, 5) is 13.5. The molecule has 0 spiro atoms. The van der Waals surface area contributed by atoms with Crippen molar-refractivity contribution in [1.29, 1.82) is 0 Å². The van der Waals surface area contributed by atoms with Crippen molar-refractivity contribution in [1.82, 2.24) is 20.3 Å². The van der Waals surface area contributed by atoms with Gasteiger partial charge in [-0.1, -0.05) is 0 Å². The maximum absolute atomic E-state index is 4.60. The van der Waals surface area contributed by atoms with E-state index in [0.717, 1.165) is 41.9 Å². The largest absolute Gasteiger partial charge is 0.314 e. The zero-order chi connectivity index (χ0) is 13.2. The van der Waals surface area contributed by atoms with Crippen LogP contribution in [-0.4, -0.2) is 27.5 Å². The quantitative estimate of drug-likeness (QED) is 0.910. The average Bonchev–Trinajstić information content (AvgIpc) is 3.04. The summed E-state index contributed by atoms with van der Waals surface area (Å²) in [5.41, 5.74) is 6.11. The van der Waals surface area contributed by atoms with Gasteiger partial charge in [-0.2, -0.15) is 0 Å². The van der Waals surface area contributed by atoms with Crippen LogP contribution in [0, 0.1) is 13.8 Å². The van der Waals surface area contributed by atoms with Gasteiger partial charge in [0.15, 0.2) is 5.82 Å². The van der Waals surface area contributed by atoms with Gasteiger partial charge in [0.2, 0.25) is 0 Å². The molecular formula is C14H18N4S. The fourth-order valence-electron chi connectivity index (χ4n) is 2.23. The van der Waals surface area contributed by atoms with Crippen molar-refractivity contribution in [2.24, 2.45) is 0 Å². The van der Waals surface area contributed by atoms with Crippen molar-refractivity contribution in [3.05, 3.63) is 27.8 Å². The highest BCUT2D eigenvalue weighted by Gasteiger charge is 2.20. The summed E-state index contributed by atoms with van der Waals surface area (Å²) < 4.78 is 0. The van der Waals surface area contributed by atoms with Gasteiger partial charge < -0.3 is 5.32 Å². The minimum absolute atomic E-state index is 0.746. The number of thiazole rings is 1. The lowest BCUT2D eigenvalue weighted by Gasteiger charge is -2.10. The lowest BCUT2D eigenvalue weighted by atomic mass is 10.1. The van der Waals surface area contributed by atoms with E-state index in [4.69, 9.17) is 0 Å². The molecular weight excluding hydrogens is 256 g/mol. The highest BCUT2D eigenvalue weighted by Crippen LogP contribution is 2.20. The van der Waals surface area contributed by atoms with E-state index < -0.39 is 0 Å². The highest BCUT2D eigenvalue weighted by molar-refractivity contribution is 7.07. The third-order valence-corrected chi connectivity index (χ3v) is 4.05. The van der Waals surface area contributed by atoms with Crippen molar-refractivity contribution >= 4 is 11.3 Å². The van der Waals surface area contributed by atoms with Gasteiger partial charge in [0.25, 0.3) is 0 Å². The van der Waals surface area contributed by atoms with Gasteiger partial charge in [-0.15, -0.1) is 11.3 Å². The molecule has 0 saturated heterocycles. The predicted molar refractivity (Wildman–Crippen MR) is 77.3 cm³/mol. The molecule has 0 unspecified atom stereocenters.